The highest BCUT2D eigenvalue weighted by molar-refractivity contribution is 5.66. The van der Waals surface area contributed by atoms with Gasteiger partial charge in [0.1, 0.15) is 0 Å². The molecule has 1 heterocycles. The lowest BCUT2D eigenvalue weighted by Gasteiger charge is -1.71. The fourth-order valence-electron chi connectivity index (χ4n) is 0.215. The summed E-state index contributed by atoms with van der Waals surface area (Å²) in [6.45, 7) is 1.60. The van der Waals surface area contributed by atoms with Gasteiger partial charge in [0.15, 0.2) is 0 Å². The predicted molar refractivity (Wildman–Crippen MR) is 36.5 cm³/mol. The average molecular weight is 142 g/mol. The lowest BCUT2D eigenvalue weighted by molar-refractivity contribution is -0.136. The fourth-order valence-corrected chi connectivity index (χ4v) is 0.215. The van der Waals surface area contributed by atoms with Crippen molar-refractivity contribution in [1.29, 1.82) is 0 Å². The van der Waals surface area contributed by atoms with Gasteiger partial charge in [-0.05, 0) is 0 Å². The maximum Gasteiger partial charge on any atom is 0.303 e. The third-order valence-corrected chi connectivity index (χ3v) is 0.708. The number of aromatic nitrogens is 2. The Morgan fingerprint density at radius 1 is 1.80 bits per heavy atom. The maximum absolute atomic E-state index is 9.37. The first kappa shape index (κ1) is 8.68. The summed E-state index contributed by atoms with van der Waals surface area (Å²) in [7, 11) is 0. The largest absolute Gasteiger partial charge is 0.481 e. The molecule has 4 heteroatoms. The molecule has 2 N–H and O–H groups in total. The number of rotatable bonds is 1. The summed E-state index contributed by atoms with van der Waals surface area (Å²) < 4.78 is 0. The van der Waals surface area contributed by atoms with E-state index in [-0.39, 0.29) is 6.42 Å². The molecule has 1 aromatic heterocycles. The highest BCUT2D eigenvalue weighted by atomic mass is 16.4. The van der Waals surface area contributed by atoms with Crippen LogP contribution in [0.25, 0.3) is 0 Å². The zero-order valence-electron chi connectivity index (χ0n) is 5.74. The molecule has 0 unspecified atom stereocenters. The molecule has 0 amide bonds. The zero-order chi connectivity index (χ0) is 7.82. The standard InChI is InChI=1S/C3H4N2.C3H6O2/c1-2-5-3-4-1;1-2-3(4)5/h1-3H,(H,4,5);2H2,1H3,(H,4,5). The van der Waals surface area contributed by atoms with Crippen LogP contribution in [0.5, 0.6) is 0 Å². The average Bonchev–Trinajstić information content (AvgIpc) is 2.43. The molecular formula is C6H10N2O2. The van der Waals surface area contributed by atoms with Crippen LogP contribution >= 0.6 is 0 Å². The van der Waals surface area contributed by atoms with Crippen molar-refractivity contribution in [2.24, 2.45) is 0 Å². The minimum Gasteiger partial charge on any atom is -0.481 e. The molecule has 0 atom stereocenters. The molecule has 1 rings (SSSR count). The summed E-state index contributed by atoms with van der Waals surface area (Å²) in [5.41, 5.74) is 0. The Bertz CT molecular complexity index is 143. The Morgan fingerprint density at radius 2 is 2.40 bits per heavy atom. The Hall–Kier alpha value is -1.32. The lowest BCUT2D eigenvalue weighted by Crippen LogP contribution is -1.86. The van der Waals surface area contributed by atoms with Crippen LogP contribution < -0.4 is 0 Å². The van der Waals surface area contributed by atoms with Crippen molar-refractivity contribution in [1.82, 2.24) is 9.97 Å². The summed E-state index contributed by atoms with van der Waals surface area (Å²) in [6, 6.07) is 0. The minimum absolute atomic E-state index is 0.222. The van der Waals surface area contributed by atoms with E-state index in [4.69, 9.17) is 5.11 Å². The summed E-state index contributed by atoms with van der Waals surface area (Å²) in [6.07, 6.45) is 5.31. The summed E-state index contributed by atoms with van der Waals surface area (Å²) in [5, 5.41) is 7.72. The topological polar surface area (TPSA) is 66.0 Å². The highest BCUT2D eigenvalue weighted by Crippen LogP contribution is 1.67. The third-order valence-electron chi connectivity index (χ3n) is 0.708. The first-order chi connectivity index (χ1) is 4.77. The Balaban J connectivity index is 0.000000162. The fraction of sp³-hybridized carbons (Fsp3) is 0.333. The van der Waals surface area contributed by atoms with Crippen LogP contribution in [-0.2, 0) is 4.79 Å². The molecule has 10 heavy (non-hydrogen) atoms. The van der Waals surface area contributed by atoms with Crippen LogP contribution in [-0.4, -0.2) is 21.0 Å². The van der Waals surface area contributed by atoms with E-state index in [1.807, 2.05) is 0 Å². The molecule has 0 radical (unpaired) electrons. The van der Waals surface area contributed by atoms with E-state index in [2.05, 4.69) is 9.97 Å². The Labute approximate surface area is 58.9 Å². The van der Waals surface area contributed by atoms with Crippen molar-refractivity contribution < 1.29 is 9.90 Å². The zero-order valence-corrected chi connectivity index (χ0v) is 5.74. The van der Waals surface area contributed by atoms with Crippen LogP contribution in [0.4, 0.5) is 0 Å². The molecule has 0 aliphatic carbocycles. The number of nitrogens with zero attached hydrogens (tertiary/aromatic N) is 1. The van der Waals surface area contributed by atoms with Gasteiger partial charge in [0.25, 0.3) is 0 Å². The first-order valence-electron chi connectivity index (χ1n) is 2.92. The molecule has 4 nitrogen and oxygen atoms in total. The van der Waals surface area contributed by atoms with E-state index in [1.54, 1.807) is 25.6 Å². The number of hydrogen-bond acceptors (Lipinski definition) is 2. The van der Waals surface area contributed by atoms with Gasteiger partial charge in [-0.15, -0.1) is 0 Å². The van der Waals surface area contributed by atoms with Crippen LogP contribution in [0, 0.1) is 0 Å². The van der Waals surface area contributed by atoms with Gasteiger partial charge in [0.2, 0.25) is 0 Å². The number of carboxylic acid groups (broad SMARTS) is 1. The molecule has 0 aliphatic heterocycles. The summed E-state index contributed by atoms with van der Waals surface area (Å²) in [5.74, 6) is -0.745. The monoisotopic (exact) mass is 142 g/mol. The first-order valence-corrected chi connectivity index (χ1v) is 2.92. The SMILES string of the molecule is CCC(=O)O.c1c[nH]cn1. The van der Waals surface area contributed by atoms with Crippen molar-refractivity contribution in [3.05, 3.63) is 18.7 Å². The van der Waals surface area contributed by atoms with Crippen molar-refractivity contribution in [3.63, 3.8) is 0 Å². The molecule has 0 aromatic carbocycles. The van der Waals surface area contributed by atoms with Gasteiger partial charge in [-0.3, -0.25) is 4.79 Å². The van der Waals surface area contributed by atoms with Crippen LogP contribution in [0.1, 0.15) is 13.3 Å². The third kappa shape index (κ3) is 6.68. The summed E-state index contributed by atoms with van der Waals surface area (Å²) >= 11 is 0. The highest BCUT2D eigenvalue weighted by Gasteiger charge is 1.80. The van der Waals surface area contributed by atoms with Crippen LogP contribution in [0.3, 0.4) is 0 Å². The van der Waals surface area contributed by atoms with Crippen molar-refractivity contribution >= 4 is 5.97 Å². The number of aliphatic carboxylic acids is 1. The molecule has 0 bridgehead atoms. The molecule has 0 spiro atoms. The predicted octanol–water partition coefficient (Wildman–Crippen LogP) is 0.891. The summed E-state index contributed by atoms with van der Waals surface area (Å²) in [4.78, 5) is 15.8. The van der Waals surface area contributed by atoms with Crippen molar-refractivity contribution in [2.75, 3.05) is 0 Å². The second-order valence-electron chi connectivity index (χ2n) is 1.51. The number of nitrogens with one attached hydrogen (secondary N) is 1. The second-order valence-corrected chi connectivity index (χ2v) is 1.51. The molecule has 0 saturated heterocycles. The van der Waals surface area contributed by atoms with Gasteiger partial charge in [-0.25, -0.2) is 4.98 Å². The van der Waals surface area contributed by atoms with Crippen LogP contribution in [0.15, 0.2) is 18.7 Å². The lowest BCUT2D eigenvalue weighted by atomic mass is 10.5. The number of aromatic amines is 1. The smallest absolute Gasteiger partial charge is 0.303 e. The van der Waals surface area contributed by atoms with Gasteiger partial charge in [0.05, 0.1) is 6.33 Å². The minimum atomic E-state index is -0.745. The van der Waals surface area contributed by atoms with Crippen molar-refractivity contribution in [2.45, 2.75) is 13.3 Å². The van der Waals surface area contributed by atoms with E-state index < -0.39 is 5.97 Å². The molecule has 0 saturated carbocycles. The number of carboxylic acids is 1. The van der Waals surface area contributed by atoms with Crippen molar-refractivity contribution in [3.8, 4) is 0 Å². The molecule has 56 valence electrons. The van der Waals surface area contributed by atoms with E-state index in [1.165, 1.54) is 0 Å². The quantitative estimate of drug-likeness (QED) is 0.612. The van der Waals surface area contributed by atoms with Gasteiger partial charge in [0, 0.05) is 18.8 Å². The maximum atomic E-state index is 9.37. The van der Waals surface area contributed by atoms with E-state index in [0.717, 1.165) is 0 Å². The molecule has 0 fully saturated rings. The molecule has 0 aliphatic rings. The van der Waals surface area contributed by atoms with E-state index in [0.29, 0.717) is 0 Å². The number of carbonyl (C=O) groups is 1. The normalized spacial score (nSPS) is 7.70. The Kier molecular flexibility index (Phi) is 5.04. The number of hydrogen-bond donors (Lipinski definition) is 2. The molecular weight excluding hydrogens is 132 g/mol. The van der Waals surface area contributed by atoms with Gasteiger partial charge < -0.3 is 10.1 Å². The molecule has 1 aromatic rings. The van der Waals surface area contributed by atoms with Gasteiger partial charge >= 0.3 is 5.97 Å². The number of imidazole rings is 1. The second kappa shape index (κ2) is 5.81. The number of H-pyrrole nitrogens is 1. The van der Waals surface area contributed by atoms with Gasteiger partial charge in [-0.1, -0.05) is 6.92 Å². The van der Waals surface area contributed by atoms with E-state index in [9.17, 15) is 4.79 Å². The van der Waals surface area contributed by atoms with E-state index >= 15 is 0 Å². The Morgan fingerprint density at radius 3 is 2.50 bits per heavy atom. The van der Waals surface area contributed by atoms with Crippen LogP contribution in [0.2, 0.25) is 0 Å². The van der Waals surface area contributed by atoms with Gasteiger partial charge in [-0.2, -0.15) is 0 Å².